The highest BCUT2D eigenvalue weighted by Crippen LogP contribution is 2.52. The van der Waals surface area contributed by atoms with Crippen LogP contribution < -0.4 is 11.2 Å². The van der Waals surface area contributed by atoms with Gasteiger partial charge in [0.2, 0.25) is 0 Å². The number of nitriles is 1. The van der Waals surface area contributed by atoms with E-state index in [2.05, 4.69) is 11.1 Å². The summed E-state index contributed by atoms with van der Waals surface area (Å²) in [6, 6.07) is 3.33. The fourth-order valence-electron chi connectivity index (χ4n) is 4.11. The Kier molecular flexibility index (Phi) is 13.7. The Bertz CT molecular complexity index is 1120. The number of hydrogen-bond acceptors (Lipinski definition) is 11. The van der Waals surface area contributed by atoms with Crippen LogP contribution in [-0.4, -0.2) is 71.5 Å². The van der Waals surface area contributed by atoms with Gasteiger partial charge in [-0.3, -0.25) is 18.9 Å². The van der Waals surface area contributed by atoms with Crippen molar-refractivity contribution >= 4 is 16.1 Å². The number of aromatic nitrogens is 2. The van der Waals surface area contributed by atoms with Gasteiger partial charge in [-0.2, -0.15) is 5.26 Å². The molecule has 13 nitrogen and oxygen atoms in total. The average molecular weight is 591 g/mol. The van der Waals surface area contributed by atoms with Gasteiger partial charge in [-0.1, -0.05) is 0 Å². The molecule has 39 heavy (non-hydrogen) atoms. The minimum Gasteiger partial charge on any atom is -0.374 e. The molecule has 1 saturated heterocycles. The Labute approximate surface area is 230 Å². The summed E-state index contributed by atoms with van der Waals surface area (Å²) in [6.45, 7) is 11.9. The molecule has 1 aromatic heterocycles. The minimum atomic E-state index is -3.59. The van der Waals surface area contributed by atoms with E-state index in [0.29, 0.717) is 0 Å². The number of nitrogens with one attached hydrogen (secondary N) is 1. The molecule has 0 aliphatic carbocycles. The van der Waals surface area contributed by atoms with Crippen LogP contribution in [0.4, 0.5) is 0 Å². The molecule has 2 heterocycles. The maximum absolute atomic E-state index is 13.1. The number of methoxy groups -OCH3 is 1. The van der Waals surface area contributed by atoms with Crippen molar-refractivity contribution in [2.45, 2.75) is 84.6 Å². The van der Waals surface area contributed by atoms with Crippen molar-refractivity contribution in [1.29, 1.82) is 5.26 Å². The summed E-state index contributed by atoms with van der Waals surface area (Å²) in [4.78, 5) is 26.5. The quantitative estimate of drug-likeness (QED) is 0.220. The number of nitrogens with zero attached hydrogens (tertiary/aromatic N) is 3. The second-order valence-corrected chi connectivity index (χ2v) is 12.3. The summed E-state index contributed by atoms with van der Waals surface area (Å²) < 4.78 is 51.8. The molecule has 1 fully saturated rings. The number of ether oxygens (including phenoxy) is 2. The highest BCUT2D eigenvalue weighted by molar-refractivity contribution is 7.57. The predicted molar refractivity (Wildman–Crippen MR) is 146 cm³/mol. The summed E-state index contributed by atoms with van der Waals surface area (Å²) >= 11 is 0. The van der Waals surface area contributed by atoms with Gasteiger partial charge in [0.15, 0.2) is 6.23 Å². The zero-order chi connectivity index (χ0) is 29.2. The molecule has 1 unspecified atom stereocenters. The van der Waals surface area contributed by atoms with Crippen LogP contribution in [0.15, 0.2) is 33.7 Å². The first-order valence-electron chi connectivity index (χ1n) is 12.8. The van der Waals surface area contributed by atoms with Crippen LogP contribution in [0.3, 0.4) is 0 Å². The molecule has 0 bridgehead atoms. The molecule has 5 atom stereocenters. The third-order valence-electron chi connectivity index (χ3n) is 5.57. The van der Waals surface area contributed by atoms with Crippen LogP contribution in [0.1, 0.15) is 54.2 Å². The normalized spacial score (nSPS) is 22.8. The van der Waals surface area contributed by atoms with Crippen LogP contribution in [0.5, 0.6) is 0 Å². The molecule has 1 aliphatic rings. The van der Waals surface area contributed by atoms with E-state index in [1.165, 1.54) is 35.8 Å². The van der Waals surface area contributed by atoms with Crippen molar-refractivity contribution in [1.82, 2.24) is 14.2 Å². The zero-order valence-corrected chi connectivity index (χ0v) is 25.3. The van der Waals surface area contributed by atoms with Crippen LogP contribution in [0.2, 0.25) is 0 Å². The summed E-state index contributed by atoms with van der Waals surface area (Å²) in [6.07, 6.45) is -0.567. The Hall–Kier alpha value is -1.71. The lowest BCUT2D eigenvalue weighted by Crippen LogP contribution is -2.41. The SMILES string of the molecule is CCOP(=O)(C=C[C@H]1O[C@@H](n2ccc(=O)[nH]c2=O)[C@H](OC)[C@@H]1OP(OCCC#N)N(C(C)C)C(C)C)OCC. The largest absolute Gasteiger partial charge is 0.374 e. The molecule has 0 saturated carbocycles. The molecule has 0 radical (unpaired) electrons. The van der Waals surface area contributed by atoms with E-state index in [-0.39, 0.29) is 38.3 Å². The fraction of sp³-hybridized carbons (Fsp3) is 0.708. The van der Waals surface area contributed by atoms with E-state index < -0.39 is 51.9 Å². The number of hydrogen-bond donors (Lipinski definition) is 1. The van der Waals surface area contributed by atoms with Crippen LogP contribution in [0.25, 0.3) is 0 Å². The van der Waals surface area contributed by atoms with Crippen molar-refractivity contribution in [2.75, 3.05) is 26.9 Å². The van der Waals surface area contributed by atoms with Gasteiger partial charge in [0.05, 0.1) is 32.3 Å². The van der Waals surface area contributed by atoms with Gasteiger partial charge < -0.3 is 27.6 Å². The summed E-state index contributed by atoms with van der Waals surface area (Å²) in [5, 5.41) is 9.05. The monoisotopic (exact) mass is 590 g/mol. The zero-order valence-electron chi connectivity index (χ0n) is 23.5. The van der Waals surface area contributed by atoms with E-state index in [4.69, 9.17) is 32.8 Å². The highest BCUT2D eigenvalue weighted by atomic mass is 31.2. The molecule has 1 aliphatic heterocycles. The molecule has 0 spiro atoms. The van der Waals surface area contributed by atoms with Gasteiger partial charge in [0, 0.05) is 37.3 Å². The summed E-state index contributed by atoms with van der Waals surface area (Å²) in [7, 11) is -3.86. The van der Waals surface area contributed by atoms with Crippen LogP contribution in [-0.2, 0) is 32.1 Å². The third-order valence-corrected chi connectivity index (χ3v) is 9.47. The Morgan fingerprint density at radius 3 is 2.36 bits per heavy atom. The van der Waals surface area contributed by atoms with Gasteiger partial charge in [-0.15, -0.1) is 0 Å². The van der Waals surface area contributed by atoms with Gasteiger partial charge >= 0.3 is 13.3 Å². The van der Waals surface area contributed by atoms with E-state index in [1.807, 2.05) is 32.4 Å². The van der Waals surface area contributed by atoms with E-state index in [0.717, 1.165) is 0 Å². The van der Waals surface area contributed by atoms with E-state index in [1.54, 1.807) is 13.8 Å². The minimum absolute atomic E-state index is 0.0317. The molecular formula is C24H40N4O9P2. The number of rotatable bonds is 16. The van der Waals surface area contributed by atoms with Gasteiger partial charge in [-0.05, 0) is 47.6 Å². The van der Waals surface area contributed by atoms with Crippen LogP contribution >= 0.6 is 16.1 Å². The smallest absolute Gasteiger partial charge is 0.353 e. The first kappa shape index (κ1) is 33.5. The average Bonchev–Trinajstić information content (AvgIpc) is 3.19. The molecule has 1 N–H and O–H groups in total. The standard InChI is InChI=1S/C24H40N4O9P2/c1-8-34-39(31,35-9-2)16-12-19-21(37-38(33-15-10-13-25)28(17(3)4)18(5)6)22(32-7)23(36-19)27-14-11-20(29)26-24(27)30/h11-12,14,16-19,21-23H,8-10,15H2,1-7H3,(H,26,29,30)/t19-,21-,22-,23-,38?/m1/s1. The molecule has 15 heteroatoms. The summed E-state index contributed by atoms with van der Waals surface area (Å²) in [5.74, 6) is 1.31. The number of aromatic amines is 1. The lowest BCUT2D eigenvalue weighted by molar-refractivity contribution is -0.0482. The maximum atomic E-state index is 13.1. The first-order chi connectivity index (χ1) is 18.5. The van der Waals surface area contributed by atoms with Crippen molar-refractivity contribution in [3.8, 4) is 6.07 Å². The van der Waals surface area contributed by atoms with Crippen molar-refractivity contribution < 1.29 is 32.1 Å². The topological polar surface area (TPSA) is 154 Å². The maximum Gasteiger partial charge on any atom is 0.353 e. The van der Waals surface area contributed by atoms with Gasteiger partial charge in [-0.25, -0.2) is 9.46 Å². The van der Waals surface area contributed by atoms with E-state index in [9.17, 15) is 14.2 Å². The molecular weight excluding hydrogens is 550 g/mol. The molecule has 1 aromatic rings. The van der Waals surface area contributed by atoms with Crippen molar-refractivity contribution in [3.63, 3.8) is 0 Å². The first-order valence-corrected chi connectivity index (χ1v) is 15.6. The fourth-order valence-corrected chi connectivity index (χ4v) is 7.21. The third kappa shape index (κ3) is 9.15. The van der Waals surface area contributed by atoms with Gasteiger partial charge in [0.25, 0.3) is 14.1 Å². The summed E-state index contributed by atoms with van der Waals surface area (Å²) in [5.41, 5.74) is -1.24. The Morgan fingerprint density at radius 1 is 1.21 bits per heavy atom. The Morgan fingerprint density at radius 2 is 1.85 bits per heavy atom. The second kappa shape index (κ2) is 15.9. The van der Waals surface area contributed by atoms with Crippen molar-refractivity contribution in [2.24, 2.45) is 0 Å². The van der Waals surface area contributed by atoms with Gasteiger partial charge in [0.1, 0.15) is 18.3 Å². The van der Waals surface area contributed by atoms with Crippen molar-refractivity contribution in [3.05, 3.63) is 45.0 Å². The number of H-pyrrole nitrogens is 1. The molecule has 220 valence electrons. The lowest BCUT2D eigenvalue weighted by atomic mass is 10.1. The highest BCUT2D eigenvalue weighted by Gasteiger charge is 2.49. The molecule has 2 rings (SSSR count). The predicted octanol–water partition coefficient (Wildman–Crippen LogP) is 3.89. The van der Waals surface area contributed by atoms with E-state index >= 15 is 0 Å². The Balaban J connectivity index is 2.56. The lowest BCUT2D eigenvalue weighted by Gasteiger charge is -2.38. The molecule has 0 aromatic carbocycles. The van der Waals surface area contributed by atoms with Crippen LogP contribution in [0, 0.1) is 11.3 Å². The molecule has 0 amide bonds. The second-order valence-electron chi connectivity index (χ2n) is 9.04.